The summed E-state index contributed by atoms with van der Waals surface area (Å²) in [4.78, 5) is 45.9. The average molecular weight is 272 g/mol. The van der Waals surface area contributed by atoms with Gasteiger partial charge < -0.3 is 19.7 Å². The van der Waals surface area contributed by atoms with Crippen LogP contribution < -0.4 is 0 Å². The Balaban J connectivity index is 2.48. The molecule has 0 radical (unpaired) electrons. The summed E-state index contributed by atoms with van der Waals surface area (Å²) in [5.74, 6) is -7.36. The minimum absolute atomic E-state index is 0.274. The van der Waals surface area contributed by atoms with Gasteiger partial charge in [-0.2, -0.15) is 0 Å². The van der Waals surface area contributed by atoms with E-state index in [1.807, 2.05) is 0 Å². The molecule has 8 heteroatoms. The van der Waals surface area contributed by atoms with Crippen molar-refractivity contribution in [3.63, 3.8) is 0 Å². The molecule has 3 aliphatic rings. The highest BCUT2D eigenvalue weighted by Crippen LogP contribution is 2.81. The van der Waals surface area contributed by atoms with Crippen LogP contribution in [0.4, 0.5) is 0 Å². The van der Waals surface area contributed by atoms with E-state index in [4.69, 9.17) is 0 Å². The van der Waals surface area contributed by atoms with Crippen molar-refractivity contribution in [1.82, 2.24) is 0 Å². The topological polar surface area (TPSA) is 127 Å². The quantitative estimate of drug-likeness (QED) is 0.632. The Hall–Kier alpha value is -2.12. The molecule has 0 heterocycles. The number of rotatable bonds is 4. The number of ether oxygens (including phenoxy) is 2. The number of hydrogen-bond acceptors (Lipinski definition) is 6. The number of hydrogen-bond donors (Lipinski definition) is 2. The van der Waals surface area contributed by atoms with Gasteiger partial charge in [0.05, 0.1) is 36.9 Å². The van der Waals surface area contributed by atoms with Crippen LogP contribution in [0.25, 0.3) is 0 Å². The molecule has 0 aliphatic heterocycles. The maximum Gasteiger partial charge on any atom is 0.311 e. The summed E-state index contributed by atoms with van der Waals surface area (Å²) in [6.07, 6.45) is -0.274. The zero-order valence-electron chi connectivity index (χ0n) is 10.2. The van der Waals surface area contributed by atoms with Crippen molar-refractivity contribution in [3.05, 3.63) is 0 Å². The van der Waals surface area contributed by atoms with E-state index < -0.39 is 46.5 Å². The molecule has 0 aromatic rings. The Morgan fingerprint density at radius 1 is 0.895 bits per heavy atom. The molecular weight excluding hydrogens is 260 g/mol. The fraction of sp³-hybridized carbons (Fsp3) is 0.636. The van der Waals surface area contributed by atoms with E-state index in [0.717, 1.165) is 14.2 Å². The van der Waals surface area contributed by atoms with Crippen molar-refractivity contribution < 1.29 is 38.9 Å². The molecule has 19 heavy (non-hydrogen) atoms. The van der Waals surface area contributed by atoms with Crippen molar-refractivity contribution in [2.24, 2.45) is 22.7 Å². The Kier molecular flexibility index (Phi) is 2.58. The molecule has 0 spiro atoms. The van der Waals surface area contributed by atoms with Crippen molar-refractivity contribution in [1.29, 1.82) is 0 Å². The van der Waals surface area contributed by atoms with Crippen molar-refractivity contribution in [3.8, 4) is 0 Å². The molecule has 0 amide bonds. The predicted molar refractivity (Wildman–Crippen MR) is 55.8 cm³/mol. The molecule has 0 atom stereocenters. The predicted octanol–water partition coefficient (Wildman–Crippen LogP) is -0.876. The second-order valence-electron chi connectivity index (χ2n) is 4.78. The monoisotopic (exact) mass is 272 g/mol. The lowest BCUT2D eigenvalue weighted by Gasteiger charge is -2.73. The fourth-order valence-electron chi connectivity index (χ4n) is 3.51. The lowest BCUT2D eigenvalue weighted by atomic mass is 9.23. The first-order chi connectivity index (χ1) is 8.80. The fourth-order valence-corrected chi connectivity index (χ4v) is 3.51. The van der Waals surface area contributed by atoms with E-state index in [9.17, 15) is 29.4 Å². The van der Waals surface area contributed by atoms with Gasteiger partial charge in [0.2, 0.25) is 0 Å². The minimum atomic E-state index is -1.72. The van der Waals surface area contributed by atoms with E-state index in [-0.39, 0.29) is 6.42 Å². The number of carboxylic acids is 2. The van der Waals surface area contributed by atoms with Gasteiger partial charge in [-0.3, -0.25) is 19.2 Å². The van der Waals surface area contributed by atoms with Crippen LogP contribution in [0, 0.1) is 22.7 Å². The van der Waals surface area contributed by atoms with Gasteiger partial charge in [-0.05, 0) is 6.42 Å². The van der Waals surface area contributed by atoms with Crippen LogP contribution in [0.2, 0.25) is 0 Å². The number of methoxy groups -OCH3 is 2. The zero-order chi connectivity index (χ0) is 14.6. The molecule has 104 valence electrons. The average Bonchev–Trinajstić information content (AvgIpc) is 2.25. The zero-order valence-corrected chi connectivity index (χ0v) is 10.2. The SMILES string of the molecule is COC(=O)C1C2(C(=O)O)CC1(C(=O)O)C2C(=O)OC. The van der Waals surface area contributed by atoms with Gasteiger partial charge in [-0.15, -0.1) is 0 Å². The summed E-state index contributed by atoms with van der Waals surface area (Å²) >= 11 is 0. The Morgan fingerprint density at radius 3 is 1.42 bits per heavy atom. The molecule has 0 aromatic heterocycles. The summed E-state index contributed by atoms with van der Waals surface area (Å²) in [6, 6.07) is 0. The molecule has 2 bridgehead atoms. The molecule has 3 aliphatic carbocycles. The van der Waals surface area contributed by atoms with E-state index in [1.165, 1.54) is 0 Å². The highest BCUT2D eigenvalue weighted by atomic mass is 16.5. The molecule has 3 fully saturated rings. The number of esters is 2. The third kappa shape index (κ3) is 1.14. The second-order valence-corrected chi connectivity index (χ2v) is 4.78. The normalized spacial score (nSPS) is 38.4. The first-order valence-corrected chi connectivity index (χ1v) is 5.43. The summed E-state index contributed by atoms with van der Waals surface area (Å²) in [5, 5.41) is 18.5. The van der Waals surface area contributed by atoms with Gasteiger partial charge in [0.1, 0.15) is 0 Å². The Bertz CT molecular complexity index is 441. The number of aliphatic carboxylic acids is 2. The highest BCUT2D eigenvalue weighted by Gasteiger charge is 2.93. The van der Waals surface area contributed by atoms with Gasteiger partial charge in [-0.1, -0.05) is 0 Å². The van der Waals surface area contributed by atoms with E-state index in [2.05, 4.69) is 9.47 Å². The van der Waals surface area contributed by atoms with Crippen LogP contribution in [0.1, 0.15) is 6.42 Å². The van der Waals surface area contributed by atoms with Crippen molar-refractivity contribution in [2.75, 3.05) is 14.2 Å². The molecule has 0 unspecified atom stereocenters. The molecule has 0 saturated heterocycles. The van der Waals surface area contributed by atoms with Gasteiger partial charge in [0, 0.05) is 0 Å². The second kappa shape index (κ2) is 3.69. The standard InChI is InChI=1S/C11H12O8/c1-18-6(12)4-10(8(14)15)3-11(4,9(16)17)5(10)7(13)19-2/h4-5H,3H2,1-2H3,(H,14,15)(H,16,17). The smallest absolute Gasteiger partial charge is 0.311 e. The Labute approximate surface area is 107 Å². The van der Waals surface area contributed by atoms with Crippen LogP contribution in [0.5, 0.6) is 0 Å². The van der Waals surface area contributed by atoms with Crippen LogP contribution in [-0.2, 0) is 28.7 Å². The van der Waals surface area contributed by atoms with E-state index in [0.29, 0.717) is 0 Å². The maximum absolute atomic E-state index is 11.6. The van der Waals surface area contributed by atoms with Gasteiger partial charge in [-0.25, -0.2) is 0 Å². The van der Waals surface area contributed by atoms with E-state index in [1.54, 1.807) is 0 Å². The molecule has 3 rings (SSSR count). The minimum Gasteiger partial charge on any atom is -0.481 e. The van der Waals surface area contributed by atoms with Gasteiger partial charge in [0.25, 0.3) is 0 Å². The number of carbonyl (C=O) groups excluding carboxylic acids is 2. The molecule has 3 saturated carbocycles. The number of carboxylic acid groups (broad SMARTS) is 2. The lowest BCUT2D eigenvalue weighted by molar-refractivity contribution is -0.309. The van der Waals surface area contributed by atoms with Crippen molar-refractivity contribution >= 4 is 23.9 Å². The van der Waals surface area contributed by atoms with Crippen LogP contribution in [0.15, 0.2) is 0 Å². The summed E-state index contributed by atoms with van der Waals surface area (Å²) < 4.78 is 8.90. The summed E-state index contributed by atoms with van der Waals surface area (Å²) in [7, 11) is 2.08. The van der Waals surface area contributed by atoms with Crippen LogP contribution >= 0.6 is 0 Å². The maximum atomic E-state index is 11.6. The van der Waals surface area contributed by atoms with Gasteiger partial charge in [0.15, 0.2) is 0 Å². The van der Waals surface area contributed by atoms with Crippen LogP contribution in [-0.4, -0.2) is 48.3 Å². The first kappa shape index (κ1) is 13.3. The van der Waals surface area contributed by atoms with Gasteiger partial charge >= 0.3 is 23.9 Å². The molecule has 2 N–H and O–H groups in total. The third-order valence-electron chi connectivity index (χ3n) is 4.32. The summed E-state index contributed by atoms with van der Waals surface area (Å²) in [5.41, 5.74) is -3.45. The summed E-state index contributed by atoms with van der Waals surface area (Å²) in [6.45, 7) is 0. The molecular formula is C11H12O8. The van der Waals surface area contributed by atoms with Crippen molar-refractivity contribution in [2.45, 2.75) is 6.42 Å². The lowest BCUT2D eigenvalue weighted by Crippen LogP contribution is -2.86. The number of carbonyl (C=O) groups is 4. The molecule has 0 aromatic carbocycles. The van der Waals surface area contributed by atoms with E-state index >= 15 is 0 Å². The van der Waals surface area contributed by atoms with Crippen LogP contribution in [0.3, 0.4) is 0 Å². The Morgan fingerprint density at radius 2 is 1.21 bits per heavy atom. The third-order valence-corrected chi connectivity index (χ3v) is 4.32. The highest BCUT2D eigenvalue weighted by molar-refractivity contribution is 6.06. The first-order valence-electron chi connectivity index (χ1n) is 5.43. The molecule has 8 nitrogen and oxygen atoms in total. The largest absolute Gasteiger partial charge is 0.481 e.